The number of carbonyl (C=O) groups is 2. The van der Waals surface area contributed by atoms with Gasteiger partial charge in [-0.25, -0.2) is 14.3 Å². The number of aromatic nitrogens is 4. The third-order valence-electron chi connectivity index (χ3n) is 8.20. The third-order valence-corrected chi connectivity index (χ3v) is 8.74. The molecular weight excluding hydrogens is 584 g/mol. The van der Waals surface area contributed by atoms with Crippen molar-refractivity contribution in [3.8, 4) is 5.69 Å². The molecule has 0 spiro atoms. The molecule has 45 heavy (non-hydrogen) atoms. The molecule has 10 nitrogen and oxygen atoms in total. The maximum atomic E-state index is 13.3. The zero-order valence-electron chi connectivity index (χ0n) is 26.0. The third kappa shape index (κ3) is 6.99. The van der Waals surface area contributed by atoms with E-state index in [2.05, 4.69) is 51.5 Å². The molecule has 3 heterocycles. The second kappa shape index (κ2) is 12.7. The molecular formula is C34H38N8O2S. The fourth-order valence-electron chi connectivity index (χ4n) is 5.56. The Bertz CT molecular complexity index is 1810. The van der Waals surface area contributed by atoms with Crippen LogP contribution in [0.25, 0.3) is 16.7 Å². The van der Waals surface area contributed by atoms with Crippen molar-refractivity contribution < 1.29 is 9.59 Å². The molecule has 4 amide bonds. The topological polar surface area (TPSA) is 117 Å². The second-order valence-electron chi connectivity index (χ2n) is 12.7. The van der Waals surface area contributed by atoms with Crippen LogP contribution in [0.2, 0.25) is 0 Å². The normalized spacial score (nSPS) is 14.0. The summed E-state index contributed by atoms with van der Waals surface area (Å²) < 4.78 is 10.4. The van der Waals surface area contributed by atoms with E-state index < -0.39 is 0 Å². The van der Waals surface area contributed by atoms with E-state index in [0.717, 1.165) is 64.7 Å². The molecule has 0 atom stereocenters. The monoisotopic (exact) mass is 622 g/mol. The number of hydrogen-bond acceptors (Lipinski definition) is 6. The molecule has 3 N–H and O–H groups in total. The van der Waals surface area contributed by atoms with Gasteiger partial charge >= 0.3 is 12.1 Å². The number of likely N-dealkylation sites (tertiary alicyclic amines) is 1. The van der Waals surface area contributed by atoms with E-state index in [1.807, 2.05) is 78.6 Å². The van der Waals surface area contributed by atoms with Crippen LogP contribution in [0.5, 0.6) is 0 Å². The van der Waals surface area contributed by atoms with Crippen LogP contribution in [0.3, 0.4) is 0 Å². The summed E-state index contributed by atoms with van der Waals surface area (Å²) in [7, 11) is 0. The Hall–Kier alpha value is -4.77. The van der Waals surface area contributed by atoms with Crippen LogP contribution >= 0.6 is 11.7 Å². The lowest BCUT2D eigenvalue weighted by atomic mass is 9.89. The molecule has 0 bridgehead atoms. The number of anilines is 3. The maximum absolute atomic E-state index is 13.3. The number of fused-ring (bicyclic) bond motifs is 1. The minimum Gasteiger partial charge on any atom is -0.325 e. The summed E-state index contributed by atoms with van der Waals surface area (Å²) in [6, 6.07) is 23.1. The average Bonchev–Trinajstić information content (AvgIpc) is 3.67. The molecule has 1 aliphatic heterocycles. The number of piperidine rings is 1. The second-order valence-corrected chi connectivity index (χ2v) is 13.2. The molecule has 11 heteroatoms. The Morgan fingerprint density at radius 3 is 2.38 bits per heavy atom. The Morgan fingerprint density at radius 1 is 0.889 bits per heavy atom. The predicted molar refractivity (Wildman–Crippen MR) is 181 cm³/mol. The van der Waals surface area contributed by atoms with Crippen LogP contribution in [0, 0.1) is 12.8 Å². The SMILES string of the molecule is Cc1ccc(-n2nc(C(C)(C)C)cc2NC(=O)Nc2ccccc2CC2CCN(C(=O)Nc3cccc4nsnc34)CC2)cc1. The van der Waals surface area contributed by atoms with Gasteiger partial charge in [-0.3, -0.25) is 5.32 Å². The lowest BCUT2D eigenvalue weighted by Gasteiger charge is -2.32. The van der Waals surface area contributed by atoms with Crippen molar-refractivity contribution in [3.05, 3.63) is 89.6 Å². The Balaban J connectivity index is 1.08. The van der Waals surface area contributed by atoms with E-state index in [9.17, 15) is 9.59 Å². The first kappa shape index (κ1) is 30.3. The van der Waals surface area contributed by atoms with Crippen molar-refractivity contribution in [2.75, 3.05) is 29.0 Å². The van der Waals surface area contributed by atoms with Crippen LogP contribution in [0.1, 0.15) is 50.4 Å². The summed E-state index contributed by atoms with van der Waals surface area (Å²) in [6.45, 7) is 9.68. The largest absolute Gasteiger partial charge is 0.325 e. The fourth-order valence-corrected chi connectivity index (χ4v) is 6.11. The molecule has 0 saturated carbocycles. The van der Waals surface area contributed by atoms with Crippen molar-refractivity contribution in [2.24, 2.45) is 5.92 Å². The van der Waals surface area contributed by atoms with Crippen LogP contribution < -0.4 is 16.0 Å². The number of rotatable bonds is 6. The summed E-state index contributed by atoms with van der Waals surface area (Å²) in [5, 5.41) is 13.9. The van der Waals surface area contributed by atoms with Gasteiger partial charge in [0.2, 0.25) is 0 Å². The molecule has 5 aromatic rings. The Labute approximate surface area is 267 Å². The summed E-state index contributed by atoms with van der Waals surface area (Å²) >= 11 is 1.14. The zero-order valence-corrected chi connectivity index (χ0v) is 26.8. The quantitative estimate of drug-likeness (QED) is 0.180. The molecule has 0 radical (unpaired) electrons. The molecule has 3 aromatic carbocycles. The Morgan fingerprint density at radius 2 is 1.62 bits per heavy atom. The zero-order chi connectivity index (χ0) is 31.6. The smallest absolute Gasteiger partial charge is 0.324 e. The highest BCUT2D eigenvalue weighted by Crippen LogP contribution is 2.29. The van der Waals surface area contributed by atoms with Crippen LogP contribution in [-0.2, 0) is 11.8 Å². The summed E-state index contributed by atoms with van der Waals surface area (Å²) in [4.78, 5) is 28.2. The summed E-state index contributed by atoms with van der Waals surface area (Å²) in [5.74, 6) is 0.996. The number of aryl methyl sites for hydroxylation is 1. The van der Waals surface area contributed by atoms with Crippen LogP contribution in [0.4, 0.5) is 26.8 Å². The average molecular weight is 623 g/mol. The number of hydrogen-bond donors (Lipinski definition) is 3. The van der Waals surface area contributed by atoms with Gasteiger partial charge in [0.05, 0.1) is 28.8 Å². The number of amides is 4. The van der Waals surface area contributed by atoms with Crippen molar-refractivity contribution >= 4 is 52.0 Å². The lowest BCUT2D eigenvalue weighted by Crippen LogP contribution is -2.41. The van der Waals surface area contributed by atoms with Crippen LogP contribution in [-0.4, -0.2) is 48.6 Å². The number of nitrogens with zero attached hydrogens (tertiary/aromatic N) is 5. The lowest BCUT2D eigenvalue weighted by molar-refractivity contribution is 0.182. The van der Waals surface area contributed by atoms with E-state index in [1.54, 1.807) is 4.68 Å². The fraction of sp³-hybridized carbons (Fsp3) is 0.324. The molecule has 1 fully saturated rings. The number of para-hydroxylation sites is 1. The van der Waals surface area contributed by atoms with Gasteiger partial charge in [0.1, 0.15) is 16.9 Å². The number of carbonyl (C=O) groups excluding carboxylic acids is 2. The van der Waals surface area contributed by atoms with E-state index >= 15 is 0 Å². The van der Waals surface area contributed by atoms with E-state index in [4.69, 9.17) is 5.10 Å². The predicted octanol–water partition coefficient (Wildman–Crippen LogP) is 7.61. The van der Waals surface area contributed by atoms with Gasteiger partial charge in [-0.05, 0) is 68.0 Å². The molecule has 1 saturated heterocycles. The number of urea groups is 2. The molecule has 232 valence electrons. The van der Waals surface area contributed by atoms with Crippen LogP contribution in [0.15, 0.2) is 72.8 Å². The number of benzene rings is 3. The molecule has 0 unspecified atom stereocenters. The highest BCUT2D eigenvalue weighted by molar-refractivity contribution is 7.00. The molecule has 0 aliphatic carbocycles. The summed E-state index contributed by atoms with van der Waals surface area (Å²) in [5.41, 5.74) is 6.76. The van der Waals surface area contributed by atoms with Gasteiger partial charge in [0.15, 0.2) is 0 Å². The standard InChI is InChI=1S/C34H38N8O2S/c1-22-12-14-25(15-13-22)42-30(21-29(38-42)34(2,3)4)37-32(43)35-26-9-6-5-8-24(26)20-23-16-18-41(19-17-23)33(44)36-27-10-7-11-28-31(27)40-45-39-28/h5-15,21,23H,16-20H2,1-4H3,(H,36,44)(H2,35,37,43). The van der Waals surface area contributed by atoms with Gasteiger partial charge < -0.3 is 15.5 Å². The number of nitrogens with one attached hydrogen (secondary N) is 3. The first-order valence-electron chi connectivity index (χ1n) is 15.2. The summed E-state index contributed by atoms with van der Waals surface area (Å²) in [6.07, 6.45) is 2.56. The van der Waals surface area contributed by atoms with E-state index in [1.165, 1.54) is 0 Å². The molecule has 6 rings (SSSR count). The molecule has 1 aliphatic rings. The minimum absolute atomic E-state index is 0.118. The van der Waals surface area contributed by atoms with Crippen molar-refractivity contribution in [3.63, 3.8) is 0 Å². The van der Waals surface area contributed by atoms with Gasteiger partial charge in [-0.1, -0.05) is 62.7 Å². The Kier molecular flexibility index (Phi) is 8.53. The van der Waals surface area contributed by atoms with Crippen molar-refractivity contribution in [1.29, 1.82) is 0 Å². The van der Waals surface area contributed by atoms with Gasteiger partial charge in [0, 0.05) is 30.3 Å². The highest BCUT2D eigenvalue weighted by atomic mass is 32.1. The van der Waals surface area contributed by atoms with E-state index in [0.29, 0.717) is 36.0 Å². The van der Waals surface area contributed by atoms with Gasteiger partial charge in [-0.15, -0.1) is 0 Å². The van der Waals surface area contributed by atoms with Crippen molar-refractivity contribution in [2.45, 2.75) is 52.4 Å². The highest BCUT2D eigenvalue weighted by Gasteiger charge is 2.25. The molecule has 2 aromatic heterocycles. The maximum Gasteiger partial charge on any atom is 0.324 e. The minimum atomic E-state index is -0.326. The van der Waals surface area contributed by atoms with Crippen molar-refractivity contribution in [1.82, 2.24) is 23.4 Å². The first-order valence-corrected chi connectivity index (χ1v) is 16.0. The van der Waals surface area contributed by atoms with Gasteiger partial charge in [0.25, 0.3) is 0 Å². The van der Waals surface area contributed by atoms with Gasteiger partial charge in [-0.2, -0.15) is 13.8 Å². The first-order chi connectivity index (χ1) is 21.6. The van der Waals surface area contributed by atoms with E-state index in [-0.39, 0.29) is 17.5 Å².